The van der Waals surface area contributed by atoms with Crippen LogP contribution in [-0.2, 0) is 4.74 Å². The number of methoxy groups -OCH3 is 1. The third kappa shape index (κ3) is 3.62. The molecular weight excluding hydrogens is 348 g/mol. The monoisotopic (exact) mass is 364 g/mol. The molecule has 1 amide bonds. The van der Waals surface area contributed by atoms with E-state index in [2.05, 4.69) is 4.74 Å². The summed E-state index contributed by atoms with van der Waals surface area (Å²) in [5, 5.41) is 13.1. The average Bonchev–Trinajstić information content (AvgIpc) is 2.71. The van der Waals surface area contributed by atoms with Crippen LogP contribution in [-0.4, -0.2) is 31.0 Å². The third-order valence-electron chi connectivity index (χ3n) is 4.22. The lowest BCUT2D eigenvalue weighted by Crippen LogP contribution is -2.26. The molecule has 7 nitrogen and oxygen atoms in total. The van der Waals surface area contributed by atoms with Crippen molar-refractivity contribution in [2.24, 2.45) is 0 Å². The Morgan fingerprint density at radius 2 is 1.63 bits per heavy atom. The van der Waals surface area contributed by atoms with E-state index >= 15 is 0 Å². The predicted octanol–water partition coefficient (Wildman–Crippen LogP) is 3.81. The first-order valence-corrected chi connectivity index (χ1v) is 8.05. The molecule has 3 aromatic carbocycles. The molecule has 7 heteroatoms. The van der Waals surface area contributed by atoms with E-state index in [1.165, 1.54) is 18.1 Å². The van der Waals surface area contributed by atoms with Gasteiger partial charge in [-0.3, -0.25) is 14.9 Å². The van der Waals surface area contributed by atoms with Crippen molar-refractivity contribution in [1.29, 1.82) is 0 Å². The predicted molar refractivity (Wildman–Crippen MR) is 101 cm³/mol. The van der Waals surface area contributed by atoms with E-state index in [9.17, 15) is 19.7 Å². The fraction of sp³-hybridized carbons (Fsp3) is 0.100. The maximum Gasteiger partial charge on any atom is 0.338 e. The van der Waals surface area contributed by atoms with Gasteiger partial charge in [-0.05, 0) is 29.0 Å². The molecule has 136 valence electrons. The van der Waals surface area contributed by atoms with Crippen LogP contribution >= 0.6 is 0 Å². The molecule has 0 aliphatic rings. The second-order valence-electron chi connectivity index (χ2n) is 5.91. The molecule has 0 fully saturated rings. The Morgan fingerprint density at radius 3 is 2.30 bits per heavy atom. The lowest BCUT2D eigenvalue weighted by atomic mass is 10.1. The van der Waals surface area contributed by atoms with Crippen molar-refractivity contribution in [3.05, 3.63) is 81.9 Å². The van der Waals surface area contributed by atoms with Gasteiger partial charge in [0.25, 0.3) is 11.6 Å². The number of ether oxygens (including phenoxy) is 1. The number of benzene rings is 3. The highest BCUT2D eigenvalue weighted by Crippen LogP contribution is 2.24. The van der Waals surface area contributed by atoms with Crippen LogP contribution < -0.4 is 4.90 Å². The minimum absolute atomic E-state index is 0.0280. The zero-order valence-electron chi connectivity index (χ0n) is 14.7. The Hall–Kier alpha value is -3.74. The fourth-order valence-corrected chi connectivity index (χ4v) is 2.77. The molecular formula is C20H16N2O5. The SMILES string of the molecule is COC(=O)c1cc(C(=O)N(C)c2ccc3ccccc3c2)cc([N+](=O)[O-])c1. The van der Waals surface area contributed by atoms with Crippen LogP contribution in [0.1, 0.15) is 20.7 Å². The topological polar surface area (TPSA) is 89.8 Å². The van der Waals surface area contributed by atoms with E-state index in [0.717, 1.165) is 22.9 Å². The lowest BCUT2D eigenvalue weighted by molar-refractivity contribution is -0.384. The van der Waals surface area contributed by atoms with Crippen LogP contribution in [0.5, 0.6) is 0 Å². The molecule has 0 unspecified atom stereocenters. The first kappa shape index (κ1) is 18.1. The van der Waals surface area contributed by atoms with Crippen molar-refractivity contribution >= 4 is 34.0 Å². The molecule has 0 saturated heterocycles. The minimum Gasteiger partial charge on any atom is -0.465 e. The molecule has 27 heavy (non-hydrogen) atoms. The van der Waals surface area contributed by atoms with Crippen molar-refractivity contribution < 1.29 is 19.2 Å². The molecule has 0 bridgehead atoms. The molecule has 3 rings (SSSR count). The molecule has 0 saturated carbocycles. The van der Waals surface area contributed by atoms with Crippen LogP contribution in [0, 0.1) is 10.1 Å². The van der Waals surface area contributed by atoms with E-state index in [1.807, 2.05) is 36.4 Å². The van der Waals surface area contributed by atoms with Crippen molar-refractivity contribution in [2.75, 3.05) is 19.1 Å². The number of non-ortho nitro benzene ring substituents is 1. The Morgan fingerprint density at radius 1 is 0.963 bits per heavy atom. The van der Waals surface area contributed by atoms with Crippen LogP contribution in [0.3, 0.4) is 0 Å². The highest BCUT2D eigenvalue weighted by Gasteiger charge is 2.21. The van der Waals surface area contributed by atoms with Gasteiger partial charge in [0, 0.05) is 30.4 Å². The quantitative estimate of drug-likeness (QED) is 0.399. The lowest BCUT2D eigenvalue weighted by Gasteiger charge is -2.18. The van der Waals surface area contributed by atoms with Crippen molar-refractivity contribution in [1.82, 2.24) is 0 Å². The number of rotatable bonds is 4. The zero-order valence-corrected chi connectivity index (χ0v) is 14.7. The number of hydrogen-bond acceptors (Lipinski definition) is 5. The van der Waals surface area contributed by atoms with Gasteiger partial charge in [-0.15, -0.1) is 0 Å². The Bertz CT molecular complexity index is 1060. The molecule has 0 aliphatic heterocycles. The summed E-state index contributed by atoms with van der Waals surface area (Å²) in [7, 11) is 2.74. The number of nitro benzene ring substituents is 1. The van der Waals surface area contributed by atoms with Crippen LogP contribution in [0.2, 0.25) is 0 Å². The van der Waals surface area contributed by atoms with Gasteiger partial charge in [-0.1, -0.05) is 30.3 Å². The number of carbonyl (C=O) groups is 2. The highest BCUT2D eigenvalue weighted by atomic mass is 16.6. The number of fused-ring (bicyclic) bond motifs is 1. The molecule has 0 atom stereocenters. The van der Waals surface area contributed by atoms with Crippen LogP contribution in [0.4, 0.5) is 11.4 Å². The van der Waals surface area contributed by atoms with Crippen molar-refractivity contribution in [3.8, 4) is 0 Å². The minimum atomic E-state index is -0.749. The zero-order chi connectivity index (χ0) is 19.6. The van der Waals surface area contributed by atoms with Gasteiger partial charge in [0.1, 0.15) is 0 Å². The largest absolute Gasteiger partial charge is 0.465 e. The number of nitrogens with zero attached hydrogens (tertiary/aromatic N) is 2. The number of hydrogen-bond donors (Lipinski definition) is 0. The number of amides is 1. The number of carbonyl (C=O) groups excluding carboxylic acids is 2. The second kappa shape index (κ2) is 7.25. The summed E-state index contributed by atoms with van der Waals surface area (Å²) < 4.78 is 4.61. The summed E-state index contributed by atoms with van der Waals surface area (Å²) in [6.07, 6.45) is 0. The summed E-state index contributed by atoms with van der Waals surface area (Å²) in [5.41, 5.74) is 0.250. The summed E-state index contributed by atoms with van der Waals surface area (Å²) in [6.45, 7) is 0. The van der Waals surface area contributed by atoms with Crippen LogP contribution in [0.15, 0.2) is 60.7 Å². The number of nitro groups is 1. The molecule has 0 spiro atoms. The van der Waals surface area contributed by atoms with Gasteiger partial charge < -0.3 is 9.64 Å². The molecule has 0 radical (unpaired) electrons. The van der Waals surface area contributed by atoms with Crippen molar-refractivity contribution in [3.63, 3.8) is 0 Å². The molecule has 0 aromatic heterocycles. The van der Waals surface area contributed by atoms with Gasteiger partial charge in [0.05, 0.1) is 17.6 Å². The molecule has 0 heterocycles. The van der Waals surface area contributed by atoms with Gasteiger partial charge in [0.15, 0.2) is 0 Å². The fourth-order valence-electron chi connectivity index (χ4n) is 2.77. The first-order valence-electron chi connectivity index (χ1n) is 8.05. The maximum absolute atomic E-state index is 12.9. The number of esters is 1. The molecule has 3 aromatic rings. The highest BCUT2D eigenvalue weighted by molar-refractivity contribution is 6.08. The van der Waals surface area contributed by atoms with Crippen LogP contribution in [0.25, 0.3) is 10.8 Å². The third-order valence-corrected chi connectivity index (χ3v) is 4.22. The second-order valence-corrected chi connectivity index (χ2v) is 5.91. The van der Waals surface area contributed by atoms with Crippen molar-refractivity contribution in [2.45, 2.75) is 0 Å². The summed E-state index contributed by atoms with van der Waals surface area (Å²) in [6, 6.07) is 16.8. The van der Waals surface area contributed by atoms with E-state index < -0.39 is 16.8 Å². The van der Waals surface area contributed by atoms with E-state index in [0.29, 0.717) is 5.69 Å². The Balaban J connectivity index is 2.01. The van der Waals surface area contributed by atoms with E-state index in [-0.39, 0.29) is 16.8 Å². The van der Waals surface area contributed by atoms with E-state index in [4.69, 9.17) is 0 Å². The van der Waals surface area contributed by atoms with Gasteiger partial charge in [0.2, 0.25) is 0 Å². The van der Waals surface area contributed by atoms with E-state index in [1.54, 1.807) is 13.1 Å². The summed E-state index contributed by atoms with van der Waals surface area (Å²) in [5.74, 6) is -1.22. The molecule has 0 aliphatic carbocycles. The van der Waals surface area contributed by atoms with Gasteiger partial charge in [-0.25, -0.2) is 4.79 Å². The number of anilines is 1. The molecule has 0 N–H and O–H groups in total. The summed E-state index contributed by atoms with van der Waals surface area (Å²) in [4.78, 5) is 36.5. The average molecular weight is 364 g/mol. The van der Waals surface area contributed by atoms with Gasteiger partial charge in [-0.2, -0.15) is 0 Å². The smallest absolute Gasteiger partial charge is 0.338 e. The summed E-state index contributed by atoms with van der Waals surface area (Å²) >= 11 is 0. The Kier molecular flexibility index (Phi) is 4.85. The normalized spacial score (nSPS) is 10.4. The maximum atomic E-state index is 12.9. The standard InChI is InChI=1S/C20H16N2O5/c1-21(17-8-7-13-5-3-4-6-14(13)10-17)19(23)15-9-16(20(24)27-2)12-18(11-15)22(25)26/h3-12H,1-2H3. The Labute approximate surface area is 154 Å². The first-order chi connectivity index (χ1) is 12.9. The van der Waals surface area contributed by atoms with Gasteiger partial charge >= 0.3 is 5.97 Å².